The molecule has 0 aliphatic rings. The summed E-state index contributed by atoms with van der Waals surface area (Å²) in [6.45, 7) is 1.64. The Kier molecular flexibility index (Phi) is 2.77. The Bertz CT molecular complexity index is 645. The summed E-state index contributed by atoms with van der Waals surface area (Å²) in [6.07, 6.45) is -4.55. The Morgan fingerprint density at radius 3 is 2.47 bits per heavy atom. The molecule has 0 fully saturated rings. The molecule has 0 atom stereocenters. The Hall–Kier alpha value is -1.30. The summed E-state index contributed by atoms with van der Waals surface area (Å²) >= 11 is 3.20. The number of aryl methyl sites for hydroxylation is 1. The third-order valence-corrected chi connectivity index (χ3v) is 2.86. The number of hydrogen-bond acceptors (Lipinski definition) is 1. The number of nitrogens with one attached hydrogen (secondary N) is 1. The van der Waals surface area contributed by atoms with Gasteiger partial charge in [0.15, 0.2) is 5.43 Å². The first kappa shape index (κ1) is 12.2. The fourth-order valence-electron chi connectivity index (χ4n) is 1.64. The van der Waals surface area contributed by atoms with Gasteiger partial charge in [0, 0.05) is 15.9 Å². The number of hydrogen-bond donors (Lipinski definition) is 1. The monoisotopic (exact) mass is 305 g/mol. The molecule has 0 radical (unpaired) electrons. The molecular formula is C11H7BrF3NO. The number of alkyl halides is 3. The number of aromatic nitrogens is 1. The lowest BCUT2D eigenvalue weighted by atomic mass is 10.1. The highest BCUT2D eigenvalue weighted by atomic mass is 79.9. The van der Waals surface area contributed by atoms with Crippen LogP contribution < -0.4 is 5.43 Å². The second-order valence-electron chi connectivity index (χ2n) is 3.69. The molecule has 17 heavy (non-hydrogen) atoms. The lowest BCUT2D eigenvalue weighted by Gasteiger charge is -2.09. The number of H-pyrrole nitrogens is 1. The highest BCUT2D eigenvalue weighted by Crippen LogP contribution is 2.29. The van der Waals surface area contributed by atoms with Gasteiger partial charge in [0.25, 0.3) is 0 Å². The van der Waals surface area contributed by atoms with Crippen molar-refractivity contribution in [2.75, 3.05) is 0 Å². The summed E-state index contributed by atoms with van der Waals surface area (Å²) < 4.78 is 38.2. The van der Waals surface area contributed by atoms with Crippen molar-refractivity contribution in [2.45, 2.75) is 13.1 Å². The molecule has 0 aliphatic heterocycles. The Labute approximate surface area is 103 Å². The molecule has 1 aromatic carbocycles. The van der Waals surface area contributed by atoms with Crippen molar-refractivity contribution in [1.29, 1.82) is 0 Å². The van der Waals surface area contributed by atoms with E-state index in [1.807, 2.05) is 0 Å². The predicted molar refractivity (Wildman–Crippen MR) is 62.0 cm³/mol. The second-order valence-corrected chi connectivity index (χ2v) is 4.61. The molecule has 0 saturated heterocycles. The van der Waals surface area contributed by atoms with Crippen LogP contribution in [0.3, 0.4) is 0 Å². The van der Waals surface area contributed by atoms with Crippen molar-refractivity contribution < 1.29 is 13.2 Å². The molecule has 6 heteroatoms. The van der Waals surface area contributed by atoms with Crippen LogP contribution in [-0.2, 0) is 6.18 Å². The van der Waals surface area contributed by atoms with Crippen LogP contribution in [0.1, 0.15) is 11.3 Å². The van der Waals surface area contributed by atoms with Crippen molar-refractivity contribution in [2.24, 2.45) is 0 Å². The van der Waals surface area contributed by atoms with Gasteiger partial charge < -0.3 is 4.98 Å². The number of aromatic amines is 1. The first-order valence-electron chi connectivity index (χ1n) is 4.69. The van der Waals surface area contributed by atoms with Gasteiger partial charge in [-0.3, -0.25) is 4.79 Å². The van der Waals surface area contributed by atoms with Crippen LogP contribution >= 0.6 is 15.9 Å². The molecule has 0 saturated carbocycles. The number of benzene rings is 1. The zero-order chi connectivity index (χ0) is 12.8. The molecule has 2 nitrogen and oxygen atoms in total. The van der Waals surface area contributed by atoms with Crippen molar-refractivity contribution in [3.8, 4) is 0 Å². The predicted octanol–water partition coefficient (Wildman–Crippen LogP) is 3.62. The van der Waals surface area contributed by atoms with Crippen LogP contribution in [0.4, 0.5) is 13.2 Å². The third kappa shape index (κ3) is 2.22. The van der Waals surface area contributed by atoms with Gasteiger partial charge in [-0.2, -0.15) is 13.2 Å². The summed E-state index contributed by atoms with van der Waals surface area (Å²) in [5.41, 5.74) is -0.874. The molecule has 0 unspecified atom stereocenters. The average Bonchev–Trinajstić information content (AvgIpc) is 2.17. The average molecular weight is 306 g/mol. The number of pyridine rings is 1. The normalized spacial score (nSPS) is 12.1. The van der Waals surface area contributed by atoms with Gasteiger partial charge in [-0.15, -0.1) is 0 Å². The number of fused-ring (bicyclic) bond motifs is 1. The first-order chi connectivity index (χ1) is 7.79. The van der Waals surface area contributed by atoms with Crippen molar-refractivity contribution in [3.63, 3.8) is 0 Å². The summed E-state index contributed by atoms with van der Waals surface area (Å²) in [6, 6.07) is 3.73. The summed E-state index contributed by atoms with van der Waals surface area (Å²) in [4.78, 5) is 13.9. The summed E-state index contributed by atoms with van der Waals surface area (Å²) in [5, 5.41) is 0.241. The van der Waals surface area contributed by atoms with Crippen LogP contribution in [0, 0.1) is 6.92 Å². The van der Waals surface area contributed by atoms with E-state index in [1.54, 1.807) is 13.0 Å². The van der Waals surface area contributed by atoms with E-state index in [0.29, 0.717) is 16.1 Å². The largest absolute Gasteiger partial charge is 0.431 e. The highest BCUT2D eigenvalue weighted by molar-refractivity contribution is 9.10. The Balaban J connectivity index is 2.88. The quantitative estimate of drug-likeness (QED) is 0.792. The molecule has 0 spiro atoms. The van der Waals surface area contributed by atoms with Gasteiger partial charge in [-0.05, 0) is 24.6 Å². The van der Waals surface area contributed by atoms with Crippen LogP contribution in [0.5, 0.6) is 0 Å². The minimum absolute atomic E-state index is 0.216. The number of rotatable bonds is 0. The van der Waals surface area contributed by atoms with Gasteiger partial charge in [-0.1, -0.05) is 15.9 Å². The van der Waals surface area contributed by atoms with Crippen LogP contribution in [0.25, 0.3) is 10.9 Å². The van der Waals surface area contributed by atoms with Gasteiger partial charge in [0.2, 0.25) is 0 Å². The Morgan fingerprint density at radius 2 is 1.88 bits per heavy atom. The minimum atomic E-state index is -4.55. The van der Waals surface area contributed by atoms with Gasteiger partial charge in [-0.25, -0.2) is 0 Å². The second kappa shape index (κ2) is 3.87. The molecule has 2 rings (SSSR count). The number of halogens is 4. The molecule has 90 valence electrons. The Morgan fingerprint density at radius 1 is 1.24 bits per heavy atom. The minimum Gasteiger partial charge on any atom is -0.351 e. The maximum atomic E-state index is 12.5. The maximum Gasteiger partial charge on any atom is 0.431 e. The van der Waals surface area contributed by atoms with E-state index in [9.17, 15) is 18.0 Å². The fourth-order valence-corrected chi connectivity index (χ4v) is 2.21. The first-order valence-corrected chi connectivity index (χ1v) is 5.49. The van der Waals surface area contributed by atoms with E-state index in [4.69, 9.17) is 0 Å². The zero-order valence-electron chi connectivity index (χ0n) is 8.65. The van der Waals surface area contributed by atoms with Crippen LogP contribution in [0.15, 0.2) is 27.5 Å². The van der Waals surface area contributed by atoms with Crippen LogP contribution in [0.2, 0.25) is 0 Å². The zero-order valence-corrected chi connectivity index (χ0v) is 10.2. The topological polar surface area (TPSA) is 32.9 Å². The lowest BCUT2D eigenvalue weighted by molar-refractivity contribution is -0.141. The van der Waals surface area contributed by atoms with E-state index in [1.165, 1.54) is 6.07 Å². The molecule has 0 bridgehead atoms. The van der Waals surface area contributed by atoms with Crippen LogP contribution in [-0.4, -0.2) is 4.98 Å². The van der Waals surface area contributed by atoms with Gasteiger partial charge in [0.05, 0.1) is 5.52 Å². The molecule has 0 aliphatic carbocycles. The van der Waals surface area contributed by atoms with Crippen molar-refractivity contribution >= 4 is 26.8 Å². The van der Waals surface area contributed by atoms with Gasteiger partial charge >= 0.3 is 6.18 Å². The van der Waals surface area contributed by atoms with Crippen molar-refractivity contribution in [3.05, 3.63) is 44.2 Å². The summed E-state index contributed by atoms with van der Waals surface area (Å²) in [5.74, 6) is 0. The molecular weight excluding hydrogens is 299 g/mol. The van der Waals surface area contributed by atoms with Gasteiger partial charge in [0.1, 0.15) is 5.69 Å². The van der Waals surface area contributed by atoms with E-state index in [2.05, 4.69) is 20.9 Å². The molecule has 2 aromatic rings. The standard InChI is InChI=1S/C11H7BrF3NO/c1-5-2-6(12)3-7-8(17)4-9(11(13,14)15)16-10(5)7/h2-4H,1H3,(H,16,17). The van der Waals surface area contributed by atoms with E-state index in [-0.39, 0.29) is 10.9 Å². The lowest BCUT2D eigenvalue weighted by Crippen LogP contribution is -2.14. The SMILES string of the molecule is Cc1cc(Br)cc2c(=O)cc(C(F)(F)F)[nH]c12. The maximum absolute atomic E-state index is 12.5. The molecule has 0 amide bonds. The smallest absolute Gasteiger partial charge is 0.351 e. The van der Waals surface area contributed by atoms with E-state index in [0.717, 1.165) is 0 Å². The van der Waals surface area contributed by atoms with E-state index < -0.39 is 17.3 Å². The van der Waals surface area contributed by atoms with Crippen molar-refractivity contribution in [1.82, 2.24) is 4.98 Å². The third-order valence-electron chi connectivity index (χ3n) is 2.41. The molecule has 1 aromatic heterocycles. The van der Waals surface area contributed by atoms with E-state index >= 15 is 0 Å². The summed E-state index contributed by atoms with van der Waals surface area (Å²) in [7, 11) is 0. The highest BCUT2D eigenvalue weighted by Gasteiger charge is 2.32. The fraction of sp³-hybridized carbons (Fsp3) is 0.182. The molecule has 1 N–H and O–H groups in total. The molecule has 1 heterocycles.